The van der Waals surface area contributed by atoms with Crippen molar-refractivity contribution in [3.8, 4) is 0 Å². The summed E-state index contributed by atoms with van der Waals surface area (Å²) in [5.41, 5.74) is 3.28. The first-order chi connectivity index (χ1) is 28.3. The normalized spacial score (nSPS) is 11.3. The van der Waals surface area contributed by atoms with Gasteiger partial charge >= 0.3 is 12.2 Å². The van der Waals surface area contributed by atoms with Crippen LogP contribution in [0.5, 0.6) is 0 Å². The van der Waals surface area contributed by atoms with Gasteiger partial charge in [0.1, 0.15) is 11.4 Å². The number of rotatable bonds is 16. The molecule has 2 amide bonds. The average Bonchev–Trinajstić information content (AvgIpc) is 3.86. The highest BCUT2D eigenvalue weighted by Crippen LogP contribution is 2.25. The van der Waals surface area contributed by atoms with Gasteiger partial charge in [-0.05, 0) is 22.3 Å². The van der Waals surface area contributed by atoms with Gasteiger partial charge in [0, 0.05) is 13.1 Å². The quantitative estimate of drug-likeness (QED) is 0.0420. The summed E-state index contributed by atoms with van der Waals surface area (Å²) in [6.45, 7) is 0.578. The molecule has 292 valence electrons. The van der Waals surface area contributed by atoms with Gasteiger partial charge in [-0.15, -0.1) is 10.2 Å². The molecular weight excluding hydrogens is 741 g/mol. The highest BCUT2D eigenvalue weighted by Gasteiger charge is 2.23. The first-order valence-electron chi connectivity index (χ1n) is 17.9. The van der Waals surface area contributed by atoms with Crippen molar-refractivity contribution >= 4 is 47.8 Å². The van der Waals surface area contributed by atoms with Gasteiger partial charge in [-0.2, -0.15) is 20.2 Å². The first-order valence-corrected chi connectivity index (χ1v) is 17.9. The SMILES string of the molecule is COC(=O)N(Cc1ccccc1)/N=C/C(=O)c1c(/N=N/c2ncn(Cc3ccccc3)c2C(=O)/C=N/N(Cc2ccccc2)C(=O)OC)ncn1Cc1ccccc1. The summed E-state index contributed by atoms with van der Waals surface area (Å²) in [6.07, 6.45) is 3.30. The second kappa shape index (κ2) is 19.6. The fourth-order valence-electron chi connectivity index (χ4n) is 5.68. The fraction of sp³-hybridized carbons (Fsp3) is 0.143. The maximum absolute atomic E-state index is 13.9. The molecule has 0 bridgehead atoms. The van der Waals surface area contributed by atoms with Crippen molar-refractivity contribution in [2.75, 3.05) is 14.2 Å². The van der Waals surface area contributed by atoms with Gasteiger partial charge in [-0.25, -0.2) is 19.6 Å². The molecule has 0 aliphatic heterocycles. The van der Waals surface area contributed by atoms with Gasteiger partial charge in [0.25, 0.3) is 0 Å². The number of methoxy groups -OCH3 is 2. The number of hydrogen-bond acceptors (Lipinski definition) is 12. The molecule has 0 saturated carbocycles. The van der Waals surface area contributed by atoms with Crippen LogP contribution in [-0.2, 0) is 35.7 Å². The first kappa shape index (κ1) is 39.8. The summed E-state index contributed by atoms with van der Waals surface area (Å²) >= 11 is 0. The van der Waals surface area contributed by atoms with Crippen molar-refractivity contribution in [3.05, 3.63) is 168 Å². The Morgan fingerprint density at radius 1 is 0.534 bits per heavy atom. The number of Topliss-reactive ketones (excluding diaryl/α,β-unsaturated/α-hetero) is 2. The summed E-state index contributed by atoms with van der Waals surface area (Å²) in [7, 11) is 2.44. The molecule has 0 fully saturated rings. The molecular formula is C42H38N10O6. The van der Waals surface area contributed by atoms with Crippen LogP contribution < -0.4 is 0 Å². The zero-order valence-corrected chi connectivity index (χ0v) is 31.6. The number of ether oxygens (including phenoxy) is 2. The molecule has 16 heteroatoms. The van der Waals surface area contributed by atoms with Gasteiger partial charge in [0.15, 0.2) is 0 Å². The third-order valence-corrected chi connectivity index (χ3v) is 8.48. The van der Waals surface area contributed by atoms with Crippen LogP contribution in [0.25, 0.3) is 0 Å². The number of benzene rings is 4. The summed E-state index contributed by atoms with van der Waals surface area (Å²) < 4.78 is 13.0. The topological polar surface area (TPSA) is 178 Å². The fourth-order valence-corrected chi connectivity index (χ4v) is 5.68. The monoisotopic (exact) mass is 778 g/mol. The number of azo groups is 1. The molecule has 0 unspecified atom stereocenters. The molecule has 0 saturated heterocycles. The number of hydrazone groups is 2. The summed E-state index contributed by atoms with van der Waals surface area (Å²) in [4.78, 5) is 61.9. The van der Waals surface area contributed by atoms with Gasteiger partial charge in [0.05, 0.1) is 52.4 Å². The Hall–Kier alpha value is -7.88. The van der Waals surface area contributed by atoms with Crippen molar-refractivity contribution in [1.29, 1.82) is 0 Å². The smallest absolute Gasteiger partial charge is 0.430 e. The largest absolute Gasteiger partial charge is 0.451 e. The maximum Gasteiger partial charge on any atom is 0.430 e. The molecule has 0 radical (unpaired) electrons. The summed E-state index contributed by atoms with van der Waals surface area (Å²) in [5, 5.41) is 19.0. The maximum atomic E-state index is 13.9. The van der Waals surface area contributed by atoms with Gasteiger partial charge in [-0.3, -0.25) is 9.59 Å². The van der Waals surface area contributed by atoms with E-state index in [4.69, 9.17) is 9.47 Å². The average molecular weight is 779 g/mol. The molecule has 6 aromatic rings. The lowest BCUT2D eigenvalue weighted by molar-refractivity contribution is 0.104. The molecule has 2 aromatic heterocycles. The van der Waals surface area contributed by atoms with E-state index in [2.05, 4.69) is 30.4 Å². The molecule has 0 spiro atoms. The van der Waals surface area contributed by atoms with Gasteiger partial charge < -0.3 is 18.6 Å². The highest BCUT2D eigenvalue weighted by molar-refractivity contribution is 6.36. The zero-order valence-electron chi connectivity index (χ0n) is 31.6. The number of carbonyl (C=O) groups is 4. The molecule has 58 heavy (non-hydrogen) atoms. The van der Waals surface area contributed by atoms with E-state index in [1.807, 2.05) is 121 Å². The molecule has 6 rings (SSSR count). The number of aromatic nitrogens is 4. The van der Waals surface area contributed by atoms with Crippen molar-refractivity contribution < 1.29 is 28.7 Å². The Labute approximate surface area is 333 Å². The van der Waals surface area contributed by atoms with Crippen LogP contribution in [0.4, 0.5) is 21.2 Å². The minimum Gasteiger partial charge on any atom is -0.451 e. The van der Waals surface area contributed by atoms with E-state index < -0.39 is 23.8 Å². The molecule has 0 aliphatic rings. The van der Waals surface area contributed by atoms with E-state index in [9.17, 15) is 19.2 Å². The highest BCUT2D eigenvalue weighted by atomic mass is 16.5. The number of amides is 2. The Balaban J connectivity index is 1.34. The number of ketones is 2. The minimum atomic E-state index is -0.771. The predicted octanol–water partition coefficient (Wildman–Crippen LogP) is 7.47. The lowest BCUT2D eigenvalue weighted by atomic mass is 10.2. The number of carbonyl (C=O) groups excluding carboxylic acids is 4. The van der Waals surface area contributed by atoms with E-state index in [-0.39, 0.29) is 49.2 Å². The van der Waals surface area contributed by atoms with E-state index in [0.29, 0.717) is 0 Å². The van der Waals surface area contributed by atoms with Gasteiger partial charge in [-0.1, -0.05) is 121 Å². The van der Waals surface area contributed by atoms with E-state index in [1.165, 1.54) is 26.9 Å². The second-order valence-corrected chi connectivity index (χ2v) is 12.5. The van der Waals surface area contributed by atoms with Crippen molar-refractivity contribution in [1.82, 2.24) is 29.1 Å². The van der Waals surface area contributed by atoms with E-state index in [0.717, 1.165) is 44.7 Å². The molecule has 0 N–H and O–H groups in total. The third kappa shape index (κ3) is 10.4. The van der Waals surface area contributed by atoms with Crippen LogP contribution in [0, 0.1) is 0 Å². The molecule has 0 aliphatic carbocycles. The van der Waals surface area contributed by atoms with E-state index in [1.54, 1.807) is 9.13 Å². The molecule has 16 nitrogen and oxygen atoms in total. The summed E-state index contributed by atoms with van der Waals surface area (Å²) in [5.74, 6) is -1.46. The van der Waals surface area contributed by atoms with Gasteiger partial charge in [0.2, 0.25) is 23.2 Å². The Morgan fingerprint density at radius 2 is 0.862 bits per heavy atom. The van der Waals surface area contributed by atoms with Crippen LogP contribution in [0.2, 0.25) is 0 Å². The number of imidazole rings is 2. The Kier molecular flexibility index (Phi) is 13.5. The lowest BCUT2D eigenvalue weighted by Gasteiger charge is -2.15. The Bertz CT molecular complexity index is 2240. The van der Waals surface area contributed by atoms with Crippen molar-refractivity contribution in [3.63, 3.8) is 0 Å². The predicted molar refractivity (Wildman–Crippen MR) is 214 cm³/mol. The number of nitrogens with zero attached hydrogens (tertiary/aromatic N) is 10. The van der Waals surface area contributed by atoms with Crippen LogP contribution >= 0.6 is 0 Å². The molecule has 0 atom stereocenters. The number of hydrogen-bond donors (Lipinski definition) is 0. The summed E-state index contributed by atoms with van der Waals surface area (Å²) in [6, 6.07) is 37.0. The third-order valence-electron chi connectivity index (χ3n) is 8.48. The zero-order chi connectivity index (χ0) is 40.7. The van der Waals surface area contributed by atoms with Crippen molar-refractivity contribution in [2.24, 2.45) is 20.4 Å². The van der Waals surface area contributed by atoms with Crippen LogP contribution in [0.3, 0.4) is 0 Å². The second-order valence-electron chi connectivity index (χ2n) is 12.5. The standard InChI is InChI=1S/C42H38N10O6/c1-57-41(55)51(27-33-19-11-5-12-20-33)45-23-35(53)37-39(43-29-49(37)25-31-15-7-3-8-16-31)47-48-40-38(50(30-44-40)26-32-17-9-4-10-18-32)36(54)24-46-52(42(56)58-2)28-34-21-13-6-14-22-34/h3-24,29-30H,25-28H2,1-2H3/b45-23+,46-24+,48-47+. The molecule has 4 aromatic carbocycles. The Morgan fingerprint density at radius 3 is 1.19 bits per heavy atom. The van der Waals surface area contributed by atoms with Crippen LogP contribution in [-0.4, -0.2) is 79.5 Å². The lowest BCUT2D eigenvalue weighted by Crippen LogP contribution is -2.26. The van der Waals surface area contributed by atoms with Crippen LogP contribution in [0.1, 0.15) is 43.2 Å². The molecule has 2 heterocycles. The van der Waals surface area contributed by atoms with Crippen LogP contribution in [0.15, 0.2) is 154 Å². The minimum absolute atomic E-state index is 0.00803. The van der Waals surface area contributed by atoms with Crippen molar-refractivity contribution in [2.45, 2.75) is 26.2 Å². The van der Waals surface area contributed by atoms with E-state index >= 15 is 0 Å².